The molecule has 0 unspecified atom stereocenters. The van der Waals surface area contributed by atoms with Crippen LogP contribution in [0.2, 0.25) is 0 Å². The Morgan fingerprint density at radius 3 is 2.90 bits per heavy atom. The van der Waals surface area contributed by atoms with Gasteiger partial charge in [0.1, 0.15) is 11.6 Å². The molecule has 164 valence electrons. The molecule has 3 rings (SSSR count). The normalized spacial score (nSPS) is 14.7. The maximum Gasteiger partial charge on any atom is 0.220 e. The number of rotatable bonds is 11. The third kappa shape index (κ3) is 6.95. The minimum Gasteiger partial charge on any atom is -0.497 e. The number of piperazine rings is 1. The van der Waals surface area contributed by atoms with Gasteiger partial charge in [-0.25, -0.2) is 4.98 Å². The molecule has 2 N–H and O–H groups in total. The van der Waals surface area contributed by atoms with Crippen molar-refractivity contribution < 1.29 is 14.4 Å². The van der Waals surface area contributed by atoms with Gasteiger partial charge in [0.05, 0.1) is 46.4 Å². The Hall–Kier alpha value is -2.19. The molecule has 1 amide bonds. The lowest BCUT2D eigenvalue weighted by Gasteiger charge is -2.31. The fourth-order valence-corrected chi connectivity index (χ4v) is 4.41. The smallest absolute Gasteiger partial charge is 0.220 e. The molecule has 0 radical (unpaired) electrons. The Morgan fingerprint density at radius 1 is 1.30 bits per heavy atom. The van der Waals surface area contributed by atoms with Crippen molar-refractivity contribution in [1.29, 1.82) is 0 Å². The van der Waals surface area contributed by atoms with E-state index in [4.69, 9.17) is 9.72 Å². The van der Waals surface area contributed by atoms with Crippen molar-refractivity contribution in [2.45, 2.75) is 39.0 Å². The molecule has 0 bridgehead atoms. The van der Waals surface area contributed by atoms with Crippen LogP contribution in [0.5, 0.6) is 5.75 Å². The quantitative estimate of drug-likeness (QED) is 0.527. The fourth-order valence-electron chi connectivity index (χ4n) is 3.68. The van der Waals surface area contributed by atoms with Crippen LogP contribution in [0.4, 0.5) is 5.13 Å². The summed E-state index contributed by atoms with van der Waals surface area (Å²) in [6, 6.07) is 8.06. The molecule has 1 fully saturated rings. The molecule has 30 heavy (non-hydrogen) atoms. The number of anilines is 1. The van der Waals surface area contributed by atoms with Gasteiger partial charge in [-0.15, -0.1) is 0 Å². The Balaban J connectivity index is 1.38. The van der Waals surface area contributed by atoms with Crippen molar-refractivity contribution in [1.82, 2.24) is 14.7 Å². The summed E-state index contributed by atoms with van der Waals surface area (Å²) < 4.78 is 9.85. The van der Waals surface area contributed by atoms with Crippen molar-refractivity contribution in [2.75, 3.05) is 51.3 Å². The first-order chi connectivity index (χ1) is 14.7. The Bertz CT molecular complexity index is 789. The molecular weight excluding hydrogens is 398 g/mol. The van der Waals surface area contributed by atoms with Gasteiger partial charge in [-0.1, -0.05) is 31.9 Å². The lowest BCUT2D eigenvalue weighted by molar-refractivity contribution is -0.899. The predicted molar refractivity (Wildman–Crippen MR) is 121 cm³/mol. The van der Waals surface area contributed by atoms with E-state index in [1.54, 1.807) is 12.0 Å². The number of quaternary nitrogens is 1. The van der Waals surface area contributed by atoms with Crippen molar-refractivity contribution in [3.8, 4) is 5.75 Å². The number of carbonyl (C=O) groups excluding carboxylic acids is 1. The number of nitrogens with one attached hydrogen (secondary N) is 2. The second kappa shape index (κ2) is 11.9. The highest BCUT2D eigenvalue weighted by Gasteiger charge is 2.22. The van der Waals surface area contributed by atoms with Crippen LogP contribution in [0.15, 0.2) is 24.3 Å². The van der Waals surface area contributed by atoms with Crippen molar-refractivity contribution in [2.24, 2.45) is 0 Å². The summed E-state index contributed by atoms with van der Waals surface area (Å²) in [5.41, 5.74) is 1.16. The summed E-state index contributed by atoms with van der Waals surface area (Å²) in [5.74, 6) is 1.92. The van der Waals surface area contributed by atoms with Crippen LogP contribution >= 0.6 is 11.5 Å². The number of nitrogens with zero attached hydrogens (tertiary/aromatic N) is 3. The van der Waals surface area contributed by atoms with Gasteiger partial charge in [0.2, 0.25) is 11.0 Å². The first-order valence-electron chi connectivity index (χ1n) is 11.0. The highest BCUT2D eigenvalue weighted by molar-refractivity contribution is 7.09. The maximum atomic E-state index is 11.8. The largest absolute Gasteiger partial charge is 0.497 e. The molecule has 1 aliphatic heterocycles. The van der Waals surface area contributed by atoms with Gasteiger partial charge in [0.15, 0.2) is 0 Å². The van der Waals surface area contributed by atoms with Gasteiger partial charge >= 0.3 is 0 Å². The van der Waals surface area contributed by atoms with E-state index >= 15 is 0 Å². The molecule has 0 aliphatic carbocycles. The van der Waals surface area contributed by atoms with Gasteiger partial charge in [-0.3, -0.25) is 4.79 Å². The molecule has 1 aromatic heterocycles. The molecule has 1 aromatic carbocycles. The fraction of sp³-hybridized carbons (Fsp3) is 0.591. The molecule has 2 heterocycles. The molecule has 0 saturated carbocycles. The summed E-state index contributed by atoms with van der Waals surface area (Å²) in [7, 11) is 1.68. The number of hydrogen-bond acceptors (Lipinski definition) is 6. The average Bonchev–Trinajstić information content (AvgIpc) is 3.23. The molecule has 8 heteroatoms. The second-order valence-electron chi connectivity index (χ2n) is 7.82. The number of ether oxygens (including phenoxy) is 1. The first kappa shape index (κ1) is 22.5. The van der Waals surface area contributed by atoms with Crippen molar-refractivity contribution >= 4 is 22.6 Å². The molecule has 1 aliphatic rings. The first-order valence-corrected chi connectivity index (χ1v) is 11.8. The SMILES string of the molecule is CCCCCC(=O)NCC[NH+]1CCN(c2nc(Cc3cccc(OC)c3)ns2)CC1. The van der Waals surface area contributed by atoms with E-state index in [0.29, 0.717) is 6.42 Å². The average molecular weight is 433 g/mol. The number of aromatic nitrogens is 2. The molecule has 0 atom stereocenters. The number of carbonyl (C=O) groups is 1. The molecule has 7 nitrogen and oxygen atoms in total. The highest BCUT2D eigenvalue weighted by atomic mass is 32.1. The van der Waals surface area contributed by atoms with Gasteiger partial charge in [0, 0.05) is 24.4 Å². The third-order valence-electron chi connectivity index (χ3n) is 5.50. The zero-order valence-corrected chi connectivity index (χ0v) is 19.0. The van der Waals surface area contributed by atoms with Crippen LogP contribution in [0, 0.1) is 0 Å². The van der Waals surface area contributed by atoms with Gasteiger partial charge in [0.25, 0.3) is 0 Å². The topological polar surface area (TPSA) is 71.8 Å². The second-order valence-corrected chi connectivity index (χ2v) is 8.55. The van der Waals surface area contributed by atoms with Crippen molar-refractivity contribution in [3.63, 3.8) is 0 Å². The Labute approximate surface area is 183 Å². The summed E-state index contributed by atoms with van der Waals surface area (Å²) in [6.45, 7) is 8.01. The van der Waals surface area contributed by atoms with Crippen LogP contribution in [0.25, 0.3) is 0 Å². The van der Waals surface area contributed by atoms with Crippen LogP contribution in [-0.2, 0) is 11.2 Å². The third-order valence-corrected chi connectivity index (χ3v) is 6.32. The van der Waals surface area contributed by atoms with E-state index in [9.17, 15) is 4.79 Å². The Morgan fingerprint density at radius 2 is 2.13 bits per heavy atom. The summed E-state index contributed by atoms with van der Waals surface area (Å²) in [4.78, 5) is 20.4. The van der Waals surface area contributed by atoms with Crippen LogP contribution < -0.4 is 19.9 Å². The lowest BCUT2D eigenvalue weighted by Crippen LogP contribution is -3.15. The summed E-state index contributed by atoms with van der Waals surface area (Å²) in [6.07, 6.45) is 4.66. The number of methoxy groups -OCH3 is 1. The number of unbranched alkanes of at least 4 members (excludes halogenated alkanes) is 2. The van der Waals surface area contributed by atoms with Gasteiger partial charge < -0.3 is 19.9 Å². The van der Waals surface area contributed by atoms with Crippen LogP contribution in [-0.4, -0.2) is 61.6 Å². The van der Waals surface area contributed by atoms with Crippen LogP contribution in [0.3, 0.4) is 0 Å². The van der Waals surface area contributed by atoms with Crippen molar-refractivity contribution in [3.05, 3.63) is 35.7 Å². The maximum absolute atomic E-state index is 11.8. The summed E-state index contributed by atoms with van der Waals surface area (Å²) >= 11 is 1.48. The number of hydrogen-bond donors (Lipinski definition) is 2. The van der Waals surface area contributed by atoms with Gasteiger partial charge in [-0.2, -0.15) is 4.37 Å². The number of amides is 1. The zero-order valence-electron chi connectivity index (χ0n) is 18.2. The van der Waals surface area contributed by atoms with E-state index in [1.165, 1.54) is 11.5 Å². The molecular formula is C22H34N5O2S+. The van der Waals surface area contributed by atoms with Gasteiger partial charge in [-0.05, 0) is 24.1 Å². The van der Waals surface area contributed by atoms with E-state index in [1.807, 2.05) is 18.2 Å². The zero-order chi connectivity index (χ0) is 21.2. The predicted octanol–water partition coefficient (Wildman–Crippen LogP) is 1.54. The van der Waals surface area contributed by atoms with Crippen LogP contribution in [0.1, 0.15) is 44.0 Å². The standard InChI is InChI=1S/C22H33N5O2S/c1-3-4-5-9-21(28)23-10-11-26-12-14-27(15-13-26)22-24-20(25-30-22)17-18-7-6-8-19(16-18)29-2/h6-8,16H,3-5,9-15,17H2,1-2H3,(H,23,28)/p+1. The number of benzene rings is 1. The molecule has 0 spiro atoms. The minimum absolute atomic E-state index is 0.193. The molecule has 2 aromatic rings. The minimum atomic E-state index is 0.193. The molecule has 1 saturated heterocycles. The van der Waals surface area contributed by atoms with E-state index in [-0.39, 0.29) is 5.91 Å². The van der Waals surface area contributed by atoms with E-state index < -0.39 is 0 Å². The van der Waals surface area contributed by atoms with E-state index in [2.05, 4.69) is 27.6 Å². The highest BCUT2D eigenvalue weighted by Crippen LogP contribution is 2.20. The monoisotopic (exact) mass is 432 g/mol. The lowest BCUT2D eigenvalue weighted by atomic mass is 10.1. The summed E-state index contributed by atoms with van der Waals surface area (Å²) in [5, 5.41) is 4.07. The Kier molecular flexibility index (Phi) is 8.89. The van der Waals surface area contributed by atoms with E-state index in [0.717, 1.165) is 87.2 Å².